The number of fused-ring (bicyclic) bond motifs is 3. The molecule has 0 radical (unpaired) electrons. The number of nitrogens with zero attached hydrogens (tertiary/aromatic N) is 4. The Morgan fingerprint density at radius 3 is 2.67 bits per heavy atom. The molecular formula is C39H38N4O4S2. The third-order valence-corrected chi connectivity index (χ3v) is 11.8. The normalized spacial score (nSPS) is 15.9. The highest BCUT2D eigenvalue weighted by Crippen LogP contribution is 2.42. The summed E-state index contributed by atoms with van der Waals surface area (Å²) in [5.74, 6) is 0.0905. The minimum Gasteiger partial charge on any atom is -0.496 e. The van der Waals surface area contributed by atoms with Crippen LogP contribution in [0, 0.1) is 25.2 Å². The van der Waals surface area contributed by atoms with Crippen LogP contribution in [0.25, 0.3) is 21.8 Å². The van der Waals surface area contributed by atoms with E-state index in [1.807, 2.05) is 63.2 Å². The molecule has 8 nitrogen and oxygen atoms in total. The van der Waals surface area contributed by atoms with Gasteiger partial charge in [0.25, 0.3) is 5.56 Å². The van der Waals surface area contributed by atoms with Crippen molar-refractivity contribution in [1.29, 1.82) is 5.26 Å². The van der Waals surface area contributed by atoms with Gasteiger partial charge >= 0.3 is 5.97 Å². The fraction of sp³-hybridized carbons (Fsp3) is 0.333. The standard InChI is InChI=1S/C39H38N4O4S2/c1-6-12-29-34(38(45)47-7-2)35(33-26-14-9-8-13-24(26)17-18-30(33)46-5)43-36(44)32(49-39(43)41-29)20-25-19-22(3)42(23(25)4)37-28(21-40)27-15-10-11-16-31(27)48-37/h8-9,13-14,17-20,35H,6-7,10-12,15-16H2,1-5H3/b32-20+/t35-/m1/s1. The number of methoxy groups -OCH3 is 1. The summed E-state index contributed by atoms with van der Waals surface area (Å²) in [6.45, 7) is 8.11. The van der Waals surface area contributed by atoms with Crippen molar-refractivity contribution in [2.75, 3.05) is 13.7 Å². The summed E-state index contributed by atoms with van der Waals surface area (Å²) in [5.41, 5.74) is 6.30. The Balaban J connectivity index is 1.47. The van der Waals surface area contributed by atoms with Crippen molar-refractivity contribution in [1.82, 2.24) is 9.13 Å². The quantitative estimate of drug-likeness (QED) is 0.164. The maximum Gasteiger partial charge on any atom is 0.338 e. The van der Waals surface area contributed by atoms with Crippen LogP contribution in [0.2, 0.25) is 0 Å². The molecule has 0 amide bonds. The van der Waals surface area contributed by atoms with Gasteiger partial charge in [0.15, 0.2) is 4.80 Å². The molecule has 7 rings (SSSR count). The molecule has 1 aliphatic heterocycles. The molecule has 10 heteroatoms. The van der Waals surface area contributed by atoms with Crippen LogP contribution >= 0.6 is 22.7 Å². The number of hydrogen-bond donors (Lipinski definition) is 0. The van der Waals surface area contributed by atoms with Gasteiger partial charge in [-0.05, 0) is 93.0 Å². The summed E-state index contributed by atoms with van der Waals surface area (Å²) in [4.78, 5) is 35.3. The van der Waals surface area contributed by atoms with Crippen LogP contribution in [0.1, 0.15) is 84.1 Å². The molecule has 0 saturated heterocycles. The number of thiazole rings is 1. The van der Waals surface area contributed by atoms with Crippen molar-refractivity contribution in [2.24, 2.45) is 4.99 Å². The fourth-order valence-electron chi connectivity index (χ4n) is 7.34. The molecule has 0 bridgehead atoms. The zero-order chi connectivity index (χ0) is 34.4. The van der Waals surface area contributed by atoms with Crippen LogP contribution in [-0.2, 0) is 22.4 Å². The van der Waals surface area contributed by atoms with E-state index in [4.69, 9.17) is 14.5 Å². The lowest BCUT2D eigenvalue weighted by atomic mass is 9.90. The Morgan fingerprint density at radius 2 is 1.92 bits per heavy atom. The molecule has 2 aliphatic rings. The predicted molar refractivity (Wildman–Crippen MR) is 195 cm³/mol. The van der Waals surface area contributed by atoms with Gasteiger partial charge in [-0.1, -0.05) is 55.0 Å². The molecule has 4 heterocycles. The molecule has 1 atom stereocenters. The lowest BCUT2D eigenvalue weighted by molar-refractivity contribution is -0.139. The van der Waals surface area contributed by atoms with E-state index < -0.39 is 12.0 Å². The summed E-state index contributed by atoms with van der Waals surface area (Å²) < 4.78 is 15.9. The fourth-order valence-corrected chi connectivity index (χ4v) is 9.80. The summed E-state index contributed by atoms with van der Waals surface area (Å²) in [6.07, 6.45) is 7.45. The van der Waals surface area contributed by atoms with E-state index in [2.05, 4.69) is 16.7 Å². The second-order valence-electron chi connectivity index (χ2n) is 12.5. The number of thiophene rings is 1. The lowest BCUT2D eigenvalue weighted by Crippen LogP contribution is -2.40. The molecule has 5 aromatic rings. The molecular weight excluding hydrogens is 653 g/mol. The molecule has 0 spiro atoms. The van der Waals surface area contributed by atoms with E-state index in [1.165, 1.54) is 21.8 Å². The van der Waals surface area contributed by atoms with E-state index in [0.717, 1.165) is 76.0 Å². The van der Waals surface area contributed by atoms with Gasteiger partial charge in [0.05, 0.1) is 35.1 Å². The number of nitriles is 1. The van der Waals surface area contributed by atoms with E-state index in [-0.39, 0.29) is 12.2 Å². The SMILES string of the molecule is CCCC1=C(C(=O)OCC)[C@@H](c2c(OC)ccc3ccccc23)n2c(s/c(=C/c3cc(C)n(-c4sc5c(c4C#N)CCCC5)c3C)c2=O)=N1. The zero-order valence-electron chi connectivity index (χ0n) is 28.4. The largest absolute Gasteiger partial charge is 0.496 e. The number of carbonyl (C=O) groups is 1. The smallest absolute Gasteiger partial charge is 0.338 e. The van der Waals surface area contributed by atoms with Gasteiger partial charge < -0.3 is 14.0 Å². The first-order valence-electron chi connectivity index (χ1n) is 16.8. The van der Waals surface area contributed by atoms with Crippen molar-refractivity contribution >= 4 is 45.5 Å². The van der Waals surface area contributed by atoms with E-state index in [1.54, 1.807) is 29.9 Å². The van der Waals surface area contributed by atoms with Gasteiger partial charge in [-0.15, -0.1) is 11.3 Å². The number of esters is 1. The molecule has 250 valence electrons. The van der Waals surface area contributed by atoms with Gasteiger partial charge in [0.2, 0.25) is 0 Å². The summed E-state index contributed by atoms with van der Waals surface area (Å²) in [7, 11) is 1.61. The van der Waals surface area contributed by atoms with Crippen molar-refractivity contribution in [3.8, 4) is 16.8 Å². The van der Waals surface area contributed by atoms with Crippen molar-refractivity contribution in [3.63, 3.8) is 0 Å². The third-order valence-electron chi connectivity index (χ3n) is 9.54. The molecule has 0 unspecified atom stereocenters. The molecule has 0 saturated carbocycles. The topological polar surface area (TPSA) is 98.6 Å². The first-order chi connectivity index (χ1) is 23.8. The van der Waals surface area contributed by atoms with Crippen molar-refractivity contribution < 1.29 is 14.3 Å². The highest BCUT2D eigenvalue weighted by atomic mass is 32.1. The molecule has 1 aliphatic carbocycles. The number of hydrogen-bond acceptors (Lipinski definition) is 8. The summed E-state index contributed by atoms with van der Waals surface area (Å²) in [6, 6.07) is 15.6. The van der Waals surface area contributed by atoms with Gasteiger partial charge in [-0.25, -0.2) is 9.79 Å². The van der Waals surface area contributed by atoms with Gasteiger partial charge in [0.1, 0.15) is 22.9 Å². The van der Waals surface area contributed by atoms with E-state index in [0.29, 0.717) is 32.8 Å². The number of allylic oxidation sites excluding steroid dienone is 1. The average Bonchev–Trinajstić information content (AvgIpc) is 3.72. The molecule has 0 N–H and O–H groups in total. The van der Waals surface area contributed by atoms with Crippen LogP contribution in [0.5, 0.6) is 5.75 Å². The summed E-state index contributed by atoms with van der Waals surface area (Å²) >= 11 is 3.04. The first-order valence-corrected chi connectivity index (χ1v) is 18.5. The minimum atomic E-state index is -0.803. The monoisotopic (exact) mass is 690 g/mol. The number of carbonyl (C=O) groups excluding carboxylic acids is 1. The van der Waals surface area contributed by atoms with Gasteiger partial charge in [0, 0.05) is 21.8 Å². The Labute approximate surface area is 292 Å². The Hall–Kier alpha value is -4.72. The average molecular weight is 691 g/mol. The second-order valence-corrected chi connectivity index (χ2v) is 14.6. The maximum absolute atomic E-state index is 14.7. The van der Waals surface area contributed by atoms with Crippen LogP contribution in [0.15, 0.2) is 63.5 Å². The second kappa shape index (κ2) is 13.3. The molecule has 2 aromatic carbocycles. The highest BCUT2D eigenvalue weighted by Gasteiger charge is 2.37. The number of rotatable bonds is 8. The van der Waals surface area contributed by atoms with Crippen molar-refractivity contribution in [3.05, 3.63) is 112 Å². The van der Waals surface area contributed by atoms with Crippen LogP contribution in [0.4, 0.5) is 0 Å². The number of benzene rings is 2. The first kappa shape index (κ1) is 32.8. The zero-order valence-corrected chi connectivity index (χ0v) is 30.0. The van der Waals surface area contributed by atoms with E-state index >= 15 is 0 Å². The molecule has 0 fully saturated rings. The van der Waals surface area contributed by atoms with Crippen LogP contribution < -0.4 is 19.6 Å². The Kier molecular flexibility index (Phi) is 8.90. The van der Waals surface area contributed by atoms with Gasteiger partial charge in [-0.3, -0.25) is 9.36 Å². The van der Waals surface area contributed by atoms with E-state index in [9.17, 15) is 14.9 Å². The van der Waals surface area contributed by atoms with Crippen LogP contribution in [0.3, 0.4) is 0 Å². The molecule has 3 aromatic heterocycles. The Morgan fingerprint density at radius 1 is 1.12 bits per heavy atom. The predicted octanol–water partition coefficient (Wildman–Crippen LogP) is 6.96. The lowest BCUT2D eigenvalue weighted by Gasteiger charge is -2.28. The number of aryl methyl sites for hydroxylation is 2. The summed E-state index contributed by atoms with van der Waals surface area (Å²) in [5, 5.41) is 13.0. The third kappa shape index (κ3) is 5.45. The number of ether oxygens (including phenoxy) is 2. The Bertz CT molecular complexity index is 2400. The highest BCUT2D eigenvalue weighted by molar-refractivity contribution is 7.15. The van der Waals surface area contributed by atoms with Gasteiger partial charge in [-0.2, -0.15) is 5.26 Å². The molecule has 49 heavy (non-hydrogen) atoms. The van der Waals surface area contributed by atoms with Crippen molar-refractivity contribution in [2.45, 2.75) is 72.3 Å². The van der Waals surface area contributed by atoms with Crippen LogP contribution in [-0.4, -0.2) is 28.8 Å². The number of aromatic nitrogens is 2. The maximum atomic E-state index is 14.7. The minimum absolute atomic E-state index is 0.196.